The summed E-state index contributed by atoms with van der Waals surface area (Å²) in [7, 11) is 0. The lowest BCUT2D eigenvalue weighted by atomic mass is 9.87. The second-order valence-corrected chi connectivity index (χ2v) is 6.10. The van der Waals surface area contributed by atoms with E-state index >= 15 is 0 Å². The Morgan fingerprint density at radius 1 is 1.26 bits per heavy atom. The minimum Gasteiger partial charge on any atom is -0.308 e. The Morgan fingerprint density at radius 3 is 2.63 bits per heavy atom. The number of hydrogen-bond donors (Lipinski definition) is 1. The van der Waals surface area contributed by atoms with Crippen molar-refractivity contribution in [2.24, 2.45) is 5.41 Å². The molecule has 0 aliphatic heterocycles. The van der Waals surface area contributed by atoms with Gasteiger partial charge in [0, 0.05) is 6.54 Å². The van der Waals surface area contributed by atoms with Crippen molar-refractivity contribution in [1.29, 1.82) is 0 Å². The van der Waals surface area contributed by atoms with Gasteiger partial charge in [-0.25, -0.2) is 4.68 Å². The normalized spacial score (nSPS) is 13.7. The van der Waals surface area contributed by atoms with Crippen LogP contribution in [0.15, 0.2) is 0 Å². The molecule has 0 saturated heterocycles. The molecule has 1 rings (SSSR count). The smallest absolute Gasteiger partial charge is 0.167 e. The maximum absolute atomic E-state index is 4.15. The van der Waals surface area contributed by atoms with Crippen LogP contribution in [0, 0.1) is 5.41 Å². The lowest BCUT2D eigenvalue weighted by molar-refractivity contribution is 0.250. The molecule has 0 spiro atoms. The number of nitrogens with zero attached hydrogens (tertiary/aromatic N) is 4. The molecule has 1 aromatic heterocycles. The van der Waals surface area contributed by atoms with Gasteiger partial charge in [-0.15, -0.1) is 5.10 Å². The van der Waals surface area contributed by atoms with Gasteiger partial charge in [0.1, 0.15) is 0 Å². The molecule has 1 heterocycles. The van der Waals surface area contributed by atoms with Crippen LogP contribution in [0.1, 0.15) is 72.2 Å². The quantitative estimate of drug-likeness (QED) is 0.699. The van der Waals surface area contributed by atoms with E-state index in [0.717, 1.165) is 18.9 Å². The van der Waals surface area contributed by atoms with Gasteiger partial charge in [-0.1, -0.05) is 47.0 Å². The van der Waals surface area contributed by atoms with Gasteiger partial charge in [-0.2, -0.15) is 0 Å². The molecule has 0 amide bonds. The van der Waals surface area contributed by atoms with Gasteiger partial charge in [-0.05, 0) is 35.7 Å². The highest BCUT2D eigenvalue weighted by molar-refractivity contribution is 4.90. The summed E-state index contributed by atoms with van der Waals surface area (Å²) in [6, 6.07) is 0.200. The van der Waals surface area contributed by atoms with Crippen LogP contribution >= 0.6 is 0 Å². The number of tetrazole rings is 1. The van der Waals surface area contributed by atoms with Gasteiger partial charge in [-0.3, -0.25) is 0 Å². The first kappa shape index (κ1) is 16.1. The lowest BCUT2D eigenvalue weighted by Gasteiger charge is -2.25. The van der Waals surface area contributed by atoms with E-state index in [1.807, 2.05) is 4.68 Å². The first-order valence-electron chi connectivity index (χ1n) is 7.49. The highest BCUT2D eigenvalue weighted by Gasteiger charge is 2.22. The summed E-state index contributed by atoms with van der Waals surface area (Å²) in [5.74, 6) is 0.936. The molecule has 1 atom stereocenters. The zero-order valence-corrected chi connectivity index (χ0v) is 13.1. The minimum atomic E-state index is 0.200. The third-order valence-electron chi connectivity index (χ3n) is 3.49. The molecule has 0 aromatic carbocycles. The average molecular weight is 267 g/mol. The molecular formula is C14H29N5. The van der Waals surface area contributed by atoms with E-state index in [0.29, 0.717) is 0 Å². The lowest BCUT2D eigenvalue weighted by Crippen LogP contribution is -2.26. The van der Waals surface area contributed by atoms with Gasteiger partial charge in [0.25, 0.3) is 0 Å². The standard InChI is InChI=1S/C14H29N5/c1-6-8-9-10-14(4,5)11-19-13(16-17-18-19)12(3)15-7-2/h12,15H,6-11H2,1-5H3. The molecule has 0 aliphatic rings. The summed E-state index contributed by atoms with van der Waals surface area (Å²) in [6.45, 7) is 12.8. The molecular weight excluding hydrogens is 238 g/mol. The molecule has 5 nitrogen and oxygen atoms in total. The Bertz CT molecular complexity index is 358. The van der Waals surface area contributed by atoms with Crippen LogP contribution in [0.25, 0.3) is 0 Å². The van der Waals surface area contributed by atoms with Crippen LogP contribution in [-0.4, -0.2) is 26.8 Å². The van der Waals surface area contributed by atoms with Crippen LogP contribution in [0.3, 0.4) is 0 Å². The van der Waals surface area contributed by atoms with E-state index in [2.05, 4.69) is 55.5 Å². The molecule has 0 radical (unpaired) electrons. The van der Waals surface area contributed by atoms with Gasteiger partial charge in [0.05, 0.1) is 6.04 Å². The number of aromatic nitrogens is 4. The zero-order chi connectivity index (χ0) is 14.3. The number of rotatable bonds is 9. The molecule has 0 aliphatic carbocycles. The molecule has 0 fully saturated rings. The Kier molecular flexibility index (Phi) is 6.42. The van der Waals surface area contributed by atoms with E-state index in [9.17, 15) is 0 Å². The van der Waals surface area contributed by atoms with Crippen molar-refractivity contribution in [3.63, 3.8) is 0 Å². The highest BCUT2D eigenvalue weighted by atomic mass is 15.5. The van der Waals surface area contributed by atoms with Crippen LogP contribution in [0.5, 0.6) is 0 Å². The second-order valence-electron chi connectivity index (χ2n) is 6.10. The minimum absolute atomic E-state index is 0.200. The molecule has 1 N–H and O–H groups in total. The SMILES string of the molecule is CCCCCC(C)(C)Cn1nnnc1C(C)NCC. The van der Waals surface area contributed by atoms with Crippen LogP contribution in [0.2, 0.25) is 0 Å². The Morgan fingerprint density at radius 2 is 2.00 bits per heavy atom. The monoisotopic (exact) mass is 267 g/mol. The van der Waals surface area contributed by atoms with Crippen molar-refractivity contribution in [3.05, 3.63) is 5.82 Å². The molecule has 0 bridgehead atoms. The van der Waals surface area contributed by atoms with Crippen LogP contribution in [0.4, 0.5) is 0 Å². The number of hydrogen-bond acceptors (Lipinski definition) is 4. The van der Waals surface area contributed by atoms with Crippen LogP contribution in [-0.2, 0) is 6.54 Å². The third-order valence-corrected chi connectivity index (χ3v) is 3.49. The first-order valence-corrected chi connectivity index (χ1v) is 7.49. The fourth-order valence-corrected chi connectivity index (χ4v) is 2.37. The van der Waals surface area contributed by atoms with Gasteiger partial charge in [0.15, 0.2) is 5.82 Å². The van der Waals surface area contributed by atoms with Crippen LogP contribution < -0.4 is 5.32 Å². The summed E-state index contributed by atoms with van der Waals surface area (Å²) in [5, 5.41) is 15.5. The largest absolute Gasteiger partial charge is 0.308 e. The van der Waals surface area contributed by atoms with Gasteiger partial charge in [0.2, 0.25) is 0 Å². The van der Waals surface area contributed by atoms with Crippen molar-refractivity contribution in [2.75, 3.05) is 6.54 Å². The summed E-state index contributed by atoms with van der Waals surface area (Å²) in [6.07, 6.45) is 5.07. The Balaban J connectivity index is 2.63. The molecule has 1 unspecified atom stereocenters. The zero-order valence-electron chi connectivity index (χ0n) is 13.1. The summed E-state index contributed by atoms with van der Waals surface area (Å²) < 4.78 is 1.96. The van der Waals surface area contributed by atoms with Crippen molar-refractivity contribution in [3.8, 4) is 0 Å². The summed E-state index contributed by atoms with van der Waals surface area (Å²) in [5.41, 5.74) is 0.241. The van der Waals surface area contributed by atoms with E-state index in [-0.39, 0.29) is 11.5 Å². The van der Waals surface area contributed by atoms with E-state index in [1.54, 1.807) is 0 Å². The van der Waals surface area contributed by atoms with Gasteiger partial charge < -0.3 is 5.32 Å². The maximum atomic E-state index is 4.15. The fraction of sp³-hybridized carbons (Fsp3) is 0.929. The summed E-state index contributed by atoms with van der Waals surface area (Å²) in [4.78, 5) is 0. The Labute approximate surface area is 117 Å². The van der Waals surface area contributed by atoms with Crippen molar-refractivity contribution in [2.45, 2.75) is 72.9 Å². The van der Waals surface area contributed by atoms with E-state index in [1.165, 1.54) is 25.7 Å². The maximum Gasteiger partial charge on any atom is 0.167 e. The third kappa shape index (κ3) is 5.27. The van der Waals surface area contributed by atoms with Crippen molar-refractivity contribution < 1.29 is 0 Å². The number of unbranched alkanes of at least 4 members (excludes halogenated alkanes) is 2. The highest BCUT2D eigenvalue weighted by Crippen LogP contribution is 2.26. The van der Waals surface area contributed by atoms with Gasteiger partial charge >= 0.3 is 0 Å². The predicted octanol–water partition coefficient (Wildman–Crippen LogP) is 2.95. The van der Waals surface area contributed by atoms with E-state index < -0.39 is 0 Å². The molecule has 0 saturated carbocycles. The predicted molar refractivity (Wildman–Crippen MR) is 77.8 cm³/mol. The van der Waals surface area contributed by atoms with E-state index in [4.69, 9.17) is 0 Å². The topological polar surface area (TPSA) is 55.6 Å². The molecule has 110 valence electrons. The fourth-order valence-electron chi connectivity index (χ4n) is 2.37. The molecule has 19 heavy (non-hydrogen) atoms. The average Bonchev–Trinajstić information content (AvgIpc) is 2.77. The van der Waals surface area contributed by atoms with Crippen molar-refractivity contribution >= 4 is 0 Å². The van der Waals surface area contributed by atoms with Crippen molar-refractivity contribution in [1.82, 2.24) is 25.5 Å². The molecule has 1 aromatic rings. The number of nitrogens with one attached hydrogen (secondary N) is 1. The first-order chi connectivity index (χ1) is 9.00. The second kappa shape index (κ2) is 7.58. The molecule has 5 heteroatoms. The summed E-state index contributed by atoms with van der Waals surface area (Å²) >= 11 is 0. The Hall–Kier alpha value is -0.970.